The van der Waals surface area contributed by atoms with E-state index < -0.39 is 0 Å². The van der Waals surface area contributed by atoms with E-state index in [2.05, 4.69) is 23.8 Å². The van der Waals surface area contributed by atoms with E-state index in [1.165, 1.54) is 12.8 Å². The quantitative estimate of drug-likeness (QED) is 0.739. The van der Waals surface area contributed by atoms with E-state index >= 15 is 0 Å². The Morgan fingerprint density at radius 3 is 2.50 bits per heavy atom. The zero-order valence-electron chi connectivity index (χ0n) is 15.0. The molecule has 24 heavy (non-hydrogen) atoms. The van der Waals surface area contributed by atoms with E-state index in [0.717, 1.165) is 37.8 Å². The van der Waals surface area contributed by atoms with E-state index in [0.29, 0.717) is 18.1 Å². The molecular weight excluding hydrogens is 296 g/mol. The van der Waals surface area contributed by atoms with Gasteiger partial charge in [0, 0.05) is 30.7 Å². The number of rotatable bonds is 6. The first-order chi connectivity index (χ1) is 11.7. The van der Waals surface area contributed by atoms with Crippen LogP contribution in [-0.4, -0.2) is 47.4 Å². The first kappa shape index (κ1) is 17.2. The number of nitrogens with zero attached hydrogens (tertiary/aromatic N) is 2. The van der Waals surface area contributed by atoms with Crippen molar-refractivity contribution in [2.45, 2.75) is 63.6 Å². The highest BCUT2D eigenvalue weighted by Crippen LogP contribution is 2.36. The molecule has 2 atom stereocenters. The smallest absolute Gasteiger partial charge is 0.246 e. The summed E-state index contributed by atoms with van der Waals surface area (Å²) < 4.78 is 0. The van der Waals surface area contributed by atoms with Crippen LogP contribution in [0.5, 0.6) is 0 Å². The number of hydrogen-bond acceptors (Lipinski definition) is 2. The maximum absolute atomic E-state index is 12.9. The minimum atomic E-state index is 0.182. The Labute approximate surface area is 146 Å². The van der Waals surface area contributed by atoms with E-state index in [-0.39, 0.29) is 5.91 Å². The second-order valence-electron chi connectivity index (χ2n) is 7.30. The summed E-state index contributed by atoms with van der Waals surface area (Å²) in [6.07, 6.45) is 10.8. The van der Waals surface area contributed by atoms with Crippen LogP contribution in [0.4, 0.5) is 0 Å². The summed E-state index contributed by atoms with van der Waals surface area (Å²) in [7, 11) is 2.26. The van der Waals surface area contributed by atoms with E-state index in [9.17, 15) is 4.79 Å². The summed E-state index contributed by atoms with van der Waals surface area (Å²) in [5.41, 5.74) is 1.09. The molecule has 3 nitrogen and oxygen atoms in total. The van der Waals surface area contributed by atoms with Gasteiger partial charge in [0.25, 0.3) is 0 Å². The number of hydrogen-bond donors (Lipinski definition) is 0. The third kappa shape index (κ3) is 3.89. The molecular formula is C21H30N2O. The lowest BCUT2D eigenvalue weighted by Gasteiger charge is -2.41. The van der Waals surface area contributed by atoms with Crippen molar-refractivity contribution in [2.75, 3.05) is 13.6 Å². The maximum Gasteiger partial charge on any atom is 0.246 e. The Balaban J connectivity index is 1.69. The standard InChI is InChI=1S/C21H30N2O/c1-3-4-14-23(20-15-18-11-12-19(16-20)22(18)2)21(24)13-10-17-8-6-5-7-9-17/h5-10,13,18-20H,3-4,11-12,14-16H2,1-2H3/b13-10-. The molecule has 2 fully saturated rings. The maximum atomic E-state index is 12.9. The first-order valence-corrected chi connectivity index (χ1v) is 9.44. The van der Waals surface area contributed by atoms with Gasteiger partial charge in [-0.15, -0.1) is 0 Å². The summed E-state index contributed by atoms with van der Waals surface area (Å²) in [4.78, 5) is 17.6. The molecule has 1 aromatic rings. The minimum absolute atomic E-state index is 0.182. The van der Waals surface area contributed by atoms with Crippen LogP contribution in [-0.2, 0) is 4.79 Å². The van der Waals surface area contributed by atoms with Gasteiger partial charge in [-0.2, -0.15) is 0 Å². The number of piperidine rings is 1. The third-order valence-electron chi connectivity index (χ3n) is 5.77. The summed E-state index contributed by atoms with van der Waals surface area (Å²) in [5.74, 6) is 0.182. The second kappa shape index (κ2) is 7.98. The summed E-state index contributed by atoms with van der Waals surface area (Å²) in [6, 6.07) is 11.8. The van der Waals surface area contributed by atoms with Crippen molar-refractivity contribution in [3.63, 3.8) is 0 Å². The summed E-state index contributed by atoms with van der Waals surface area (Å²) in [6.45, 7) is 3.09. The lowest BCUT2D eigenvalue weighted by atomic mass is 9.96. The van der Waals surface area contributed by atoms with Crippen molar-refractivity contribution >= 4 is 12.0 Å². The van der Waals surface area contributed by atoms with Crippen molar-refractivity contribution in [3.05, 3.63) is 42.0 Å². The fraction of sp³-hybridized carbons (Fsp3) is 0.571. The lowest BCUT2D eigenvalue weighted by Crippen LogP contribution is -2.50. The van der Waals surface area contributed by atoms with Gasteiger partial charge in [-0.25, -0.2) is 0 Å². The molecule has 0 saturated carbocycles. The molecule has 1 amide bonds. The van der Waals surface area contributed by atoms with E-state index in [1.807, 2.05) is 36.4 Å². The van der Waals surface area contributed by atoms with Crippen molar-refractivity contribution in [2.24, 2.45) is 0 Å². The molecule has 1 aromatic carbocycles. The predicted molar refractivity (Wildman–Crippen MR) is 99.7 cm³/mol. The second-order valence-corrected chi connectivity index (χ2v) is 7.30. The molecule has 0 aliphatic carbocycles. The van der Waals surface area contributed by atoms with Gasteiger partial charge in [0.15, 0.2) is 0 Å². The summed E-state index contributed by atoms with van der Waals surface area (Å²) >= 11 is 0. The number of fused-ring (bicyclic) bond motifs is 2. The number of amides is 1. The van der Waals surface area contributed by atoms with Crippen LogP contribution < -0.4 is 0 Å². The Hall–Kier alpha value is -1.61. The van der Waals surface area contributed by atoms with E-state index in [4.69, 9.17) is 0 Å². The average Bonchev–Trinajstić information content (AvgIpc) is 2.82. The molecule has 0 aromatic heterocycles. The molecule has 130 valence electrons. The zero-order valence-corrected chi connectivity index (χ0v) is 15.0. The Morgan fingerprint density at radius 2 is 1.88 bits per heavy atom. The molecule has 3 rings (SSSR count). The van der Waals surface area contributed by atoms with Crippen molar-refractivity contribution < 1.29 is 4.79 Å². The van der Waals surface area contributed by atoms with Gasteiger partial charge in [0.2, 0.25) is 5.91 Å². The fourth-order valence-corrected chi connectivity index (χ4v) is 4.27. The van der Waals surface area contributed by atoms with Gasteiger partial charge in [0.05, 0.1) is 0 Å². The van der Waals surface area contributed by atoms with Crippen LogP contribution in [0.1, 0.15) is 51.0 Å². The van der Waals surface area contributed by atoms with Gasteiger partial charge < -0.3 is 9.80 Å². The van der Waals surface area contributed by atoms with Gasteiger partial charge in [0.1, 0.15) is 0 Å². The van der Waals surface area contributed by atoms with Crippen molar-refractivity contribution in [3.8, 4) is 0 Å². The molecule has 2 aliphatic heterocycles. The lowest BCUT2D eigenvalue weighted by molar-refractivity contribution is -0.129. The SMILES string of the molecule is CCCCN(C(=O)/C=C\c1ccccc1)C1CC2CCC(C1)N2C. The third-order valence-corrected chi connectivity index (χ3v) is 5.77. The molecule has 2 unspecified atom stereocenters. The van der Waals surface area contributed by atoms with Crippen LogP contribution >= 0.6 is 0 Å². The molecule has 0 radical (unpaired) electrons. The summed E-state index contributed by atoms with van der Waals surface area (Å²) in [5, 5.41) is 0. The molecule has 2 bridgehead atoms. The molecule has 2 aliphatic rings. The normalized spacial score (nSPS) is 26.8. The highest BCUT2D eigenvalue weighted by atomic mass is 16.2. The Bertz CT molecular complexity index is 554. The van der Waals surface area contributed by atoms with Gasteiger partial charge in [-0.05, 0) is 50.8 Å². The average molecular weight is 326 g/mol. The molecule has 0 N–H and O–H groups in total. The topological polar surface area (TPSA) is 23.6 Å². The highest BCUT2D eigenvalue weighted by molar-refractivity contribution is 5.92. The van der Waals surface area contributed by atoms with Gasteiger partial charge in [-0.3, -0.25) is 4.79 Å². The Kier molecular flexibility index (Phi) is 5.72. The van der Waals surface area contributed by atoms with Crippen LogP contribution in [0.3, 0.4) is 0 Å². The van der Waals surface area contributed by atoms with Crippen molar-refractivity contribution in [1.29, 1.82) is 0 Å². The van der Waals surface area contributed by atoms with Crippen LogP contribution in [0, 0.1) is 0 Å². The Morgan fingerprint density at radius 1 is 1.21 bits per heavy atom. The monoisotopic (exact) mass is 326 g/mol. The molecule has 2 heterocycles. The van der Waals surface area contributed by atoms with Gasteiger partial charge >= 0.3 is 0 Å². The number of benzene rings is 1. The van der Waals surface area contributed by atoms with Gasteiger partial charge in [-0.1, -0.05) is 43.7 Å². The molecule has 0 spiro atoms. The minimum Gasteiger partial charge on any atom is -0.336 e. The van der Waals surface area contributed by atoms with Crippen LogP contribution in [0.25, 0.3) is 6.08 Å². The zero-order chi connectivity index (χ0) is 16.9. The molecule has 2 saturated heterocycles. The molecule has 3 heteroatoms. The predicted octanol–water partition coefficient (Wildman–Crippen LogP) is 3.95. The van der Waals surface area contributed by atoms with E-state index in [1.54, 1.807) is 6.08 Å². The first-order valence-electron chi connectivity index (χ1n) is 9.44. The highest BCUT2D eigenvalue weighted by Gasteiger charge is 2.40. The fourth-order valence-electron chi connectivity index (χ4n) is 4.27. The van der Waals surface area contributed by atoms with Crippen LogP contribution in [0.2, 0.25) is 0 Å². The number of carbonyl (C=O) groups excluding carboxylic acids is 1. The van der Waals surface area contributed by atoms with Crippen LogP contribution in [0.15, 0.2) is 36.4 Å². The van der Waals surface area contributed by atoms with Crippen molar-refractivity contribution in [1.82, 2.24) is 9.80 Å². The number of unbranched alkanes of at least 4 members (excludes halogenated alkanes) is 1. The number of carbonyl (C=O) groups is 1. The largest absolute Gasteiger partial charge is 0.336 e.